The Morgan fingerprint density at radius 2 is 1.18 bits per heavy atom. The van der Waals surface area contributed by atoms with Gasteiger partial charge in [0.05, 0.1) is 6.04 Å². The number of amides is 3. The van der Waals surface area contributed by atoms with Gasteiger partial charge in [0.2, 0.25) is 17.7 Å². The minimum Gasteiger partial charge on any atom is -0.508 e. The van der Waals surface area contributed by atoms with Crippen molar-refractivity contribution in [2.45, 2.75) is 64.7 Å². The highest BCUT2D eigenvalue weighted by Crippen LogP contribution is 2.13. The van der Waals surface area contributed by atoms with Crippen molar-refractivity contribution in [1.29, 1.82) is 0 Å². The first kappa shape index (κ1) is 30.3. The summed E-state index contributed by atoms with van der Waals surface area (Å²) in [5, 5.41) is 27.0. The number of phenolic OH excluding ortho intramolecular Hbond substituents is 1. The second kappa shape index (κ2) is 14.1. The molecular weight excluding hydrogens is 488 g/mol. The van der Waals surface area contributed by atoms with E-state index in [0.29, 0.717) is 5.56 Å². The van der Waals surface area contributed by atoms with E-state index in [4.69, 9.17) is 5.73 Å². The normalized spacial score (nSPS) is 14.3. The molecule has 4 atom stereocenters. The zero-order chi connectivity index (χ0) is 28.4. The molecule has 7 N–H and O–H groups in total. The maximum absolute atomic E-state index is 13.5. The van der Waals surface area contributed by atoms with Crippen LogP contribution in [0.5, 0.6) is 5.75 Å². The third kappa shape index (κ3) is 9.19. The highest BCUT2D eigenvalue weighted by Gasteiger charge is 2.32. The zero-order valence-corrected chi connectivity index (χ0v) is 22.2. The molecule has 0 bridgehead atoms. The summed E-state index contributed by atoms with van der Waals surface area (Å²) in [5.74, 6) is -3.49. The van der Waals surface area contributed by atoms with E-state index in [1.807, 2.05) is 6.07 Å². The molecule has 0 spiro atoms. The Bertz CT molecular complexity index is 1090. The van der Waals surface area contributed by atoms with Crippen molar-refractivity contribution in [2.24, 2.45) is 17.6 Å². The van der Waals surface area contributed by atoms with Crippen LogP contribution in [0.2, 0.25) is 0 Å². The number of hydrogen-bond acceptors (Lipinski definition) is 6. The molecule has 0 aliphatic carbocycles. The molecule has 0 aromatic heterocycles. The number of benzene rings is 2. The Hall–Kier alpha value is -3.92. The topological polar surface area (TPSA) is 171 Å². The predicted octanol–water partition coefficient (Wildman–Crippen LogP) is 1.36. The average molecular weight is 527 g/mol. The van der Waals surface area contributed by atoms with Crippen LogP contribution in [0.1, 0.15) is 38.8 Å². The number of nitrogens with one attached hydrogen (secondary N) is 3. The molecule has 0 fully saturated rings. The third-order valence-corrected chi connectivity index (χ3v) is 6.18. The van der Waals surface area contributed by atoms with Crippen LogP contribution >= 0.6 is 0 Å². The van der Waals surface area contributed by atoms with E-state index >= 15 is 0 Å². The molecule has 0 saturated carbocycles. The molecule has 4 unspecified atom stereocenters. The van der Waals surface area contributed by atoms with Gasteiger partial charge >= 0.3 is 5.97 Å². The molecule has 206 valence electrons. The van der Waals surface area contributed by atoms with Crippen molar-refractivity contribution in [2.75, 3.05) is 0 Å². The molecule has 3 amide bonds. The first-order chi connectivity index (χ1) is 17.9. The highest BCUT2D eigenvalue weighted by molar-refractivity contribution is 5.94. The fraction of sp³-hybridized carbons (Fsp3) is 0.429. The van der Waals surface area contributed by atoms with Crippen molar-refractivity contribution in [3.8, 4) is 5.75 Å². The highest BCUT2D eigenvalue weighted by atomic mass is 16.4. The lowest BCUT2D eigenvalue weighted by Gasteiger charge is -2.26. The quantitative estimate of drug-likeness (QED) is 0.229. The number of carboxylic acids is 1. The largest absolute Gasteiger partial charge is 0.508 e. The van der Waals surface area contributed by atoms with Gasteiger partial charge < -0.3 is 31.9 Å². The van der Waals surface area contributed by atoms with Crippen LogP contribution in [0.4, 0.5) is 0 Å². The fourth-order valence-electron chi connectivity index (χ4n) is 3.75. The summed E-state index contributed by atoms with van der Waals surface area (Å²) >= 11 is 0. The van der Waals surface area contributed by atoms with Crippen LogP contribution < -0.4 is 21.7 Å². The van der Waals surface area contributed by atoms with E-state index in [9.17, 15) is 29.4 Å². The number of hydrogen-bond donors (Lipinski definition) is 6. The molecule has 0 radical (unpaired) electrons. The predicted molar refractivity (Wildman–Crippen MR) is 143 cm³/mol. The van der Waals surface area contributed by atoms with Crippen molar-refractivity contribution in [3.05, 3.63) is 65.7 Å². The van der Waals surface area contributed by atoms with Gasteiger partial charge in [-0.2, -0.15) is 0 Å². The van der Waals surface area contributed by atoms with Crippen LogP contribution in [-0.4, -0.2) is 58.1 Å². The Morgan fingerprint density at radius 1 is 0.711 bits per heavy atom. The van der Waals surface area contributed by atoms with E-state index in [0.717, 1.165) is 5.56 Å². The molecule has 10 heteroatoms. The molecule has 2 rings (SSSR count). The second-order valence-electron chi connectivity index (χ2n) is 10.0. The van der Waals surface area contributed by atoms with Gasteiger partial charge in [-0.1, -0.05) is 70.2 Å². The van der Waals surface area contributed by atoms with E-state index in [1.165, 1.54) is 12.1 Å². The summed E-state index contributed by atoms with van der Waals surface area (Å²) < 4.78 is 0. The van der Waals surface area contributed by atoms with Gasteiger partial charge in [-0.25, -0.2) is 4.79 Å². The summed E-state index contributed by atoms with van der Waals surface area (Å²) in [6.45, 7) is 6.91. The lowest BCUT2D eigenvalue weighted by atomic mass is 9.99. The van der Waals surface area contributed by atoms with Crippen LogP contribution in [0, 0.1) is 11.8 Å². The van der Waals surface area contributed by atoms with Crippen molar-refractivity contribution < 1.29 is 29.4 Å². The molecule has 0 aliphatic rings. The molecule has 0 saturated heterocycles. The van der Waals surface area contributed by atoms with Gasteiger partial charge in [0.1, 0.15) is 23.9 Å². The Labute approximate surface area is 223 Å². The number of carbonyl (C=O) groups is 4. The first-order valence-electron chi connectivity index (χ1n) is 12.6. The van der Waals surface area contributed by atoms with E-state index < -0.39 is 47.9 Å². The van der Waals surface area contributed by atoms with E-state index in [1.54, 1.807) is 64.1 Å². The SMILES string of the molecule is CC(C)C(N)C(=O)NC(Cc1ccc(O)cc1)C(=O)NC(Cc1ccccc1)C(=O)NC(C(=O)O)C(C)C. The van der Waals surface area contributed by atoms with Crippen LogP contribution in [0.15, 0.2) is 54.6 Å². The number of nitrogens with two attached hydrogens (primary N) is 1. The Balaban J connectivity index is 2.33. The lowest BCUT2D eigenvalue weighted by molar-refractivity contribution is -0.143. The maximum Gasteiger partial charge on any atom is 0.326 e. The lowest BCUT2D eigenvalue weighted by Crippen LogP contribution is -2.59. The second-order valence-corrected chi connectivity index (χ2v) is 10.0. The van der Waals surface area contributed by atoms with Crippen molar-refractivity contribution in [3.63, 3.8) is 0 Å². The molecule has 0 heterocycles. The summed E-state index contributed by atoms with van der Waals surface area (Å²) in [4.78, 5) is 51.1. The third-order valence-electron chi connectivity index (χ3n) is 6.18. The first-order valence-corrected chi connectivity index (χ1v) is 12.6. The number of aliphatic carboxylic acids is 1. The summed E-state index contributed by atoms with van der Waals surface area (Å²) in [6, 6.07) is 11.0. The van der Waals surface area contributed by atoms with Gasteiger partial charge in [-0.05, 0) is 35.1 Å². The summed E-state index contributed by atoms with van der Waals surface area (Å²) in [6.07, 6.45) is 0.181. The minimum absolute atomic E-state index is 0.0540. The Kier molecular flexibility index (Phi) is 11.3. The van der Waals surface area contributed by atoms with Gasteiger partial charge in [0.25, 0.3) is 0 Å². The molecule has 2 aromatic rings. The van der Waals surface area contributed by atoms with Gasteiger partial charge in [0, 0.05) is 12.8 Å². The molecule has 38 heavy (non-hydrogen) atoms. The summed E-state index contributed by atoms with van der Waals surface area (Å²) in [7, 11) is 0. The van der Waals surface area contributed by atoms with E-state index in [-0.39, 0.29) is 30.4 Å². The smallest absolute Gasteiger partial charge is 0.326 e. The van der Waals surface area contributed by atoms with Crippen LogP contribution in [0.3, 0.4) is 0 Å². The number of carbonyl (C=O) groups excluding carboxylic acids is 3. The Morgan fingerprint density at radius 3 is 1.66 bits per heavy atom. The van der Waals surface area contributed by atoms with Crippen molar-refractivity contribution in [1.82, 2.24) is 16.0 Å². The molecule has 0 aliphatic heterocycles. The van der Waals surface area contributed by atoms with Gasteiger partial charge in [-0.3, -0.25) is 14.4 Å². The van der Waals surface area contributed by atoms with Crippen LogP contribution in [0.25, 0.3) is 0 Å². The fourth-order valence-corrected chi connectivity index (χ4v) is 3.75. The average Bonchev–Trinajstić information content (AvgIpc) is 2.87. The zero-order valence-electron chi connectivity index (χ0n) is 22.2. The molecule has 2 aromatic carbocycles. The number of phenols is 1. The monoisotopic (exact) mass is 526 g/mol. The number of aromatic hydroxyl groups is 1. The number of rotatable bonds is 13. The number of carboxylic acid groups (broad SMARTS) is 1. The minimum atomic E-state index is -1.18. The maximum atomic E-state index is 13.5. The summed E-state index contributed by atoms with van der Waals surface area (Å²) in [5.41, 5.74) is 7.41. The van der Waals surface area contributed by atoms with E-state index in [2.05, 4.69) is 16.0 Å². The molecular formula is C28H38N4O6. The van der Waals surface area contributed by atoms with Gasteiger partial charge in [-0.15, -0.1) is 0 Å². The standard InChI is InChI=1S/C28H38N4O6/c1-16(2)23(29)27(36)31-21(15-19-10-12-20(33)13-11-19)25(34)30-22(14-18-8-6-5-7-9-18)26(35)32-24(17(3)4)28(37)38/h5-13,16-17,21-24,33H,14-15,29H2,1-4H3,(H,30,34)(H,31,36)(H,32,35)(H,37,38). The van der Waals surface area contributed by atoms with Gasteiger partial charge in [0.15, 0.2) is 0 Å². The molecule has 10 nitrogen and oxygen atoms in total. The van der Waals surface area contributed by atoms with Crippen LogP contribution in [-0.2, 0) is 32.0 Å². The van der Waals surface area contributed by atoms with Crippen molar-refractivity contribution >= 4 is 23.7 Å².